The van der Waals surface area contributed by atoms with Crippen LogP contribution in [0.3, 0.4) is 0 Å². The van der Waals surface area contributed by atoms with Gasteiger partial charge in [-0.1, -0.05) is 149 Å². The van der Waals surface area contributed by atoms with E-state index in [0.29, 0.717) is 0 Å². The number of hydrogen-bond donors (Lipinski definition) is 0. The largest absolute Gasteiger partial charge is 0.471 e. The van der Waals surface area contributed by atoms with Crippen LogP contribution in [0.15, 0.2) is 24.3 Å². The second-order valence-electron chi connectivity index (χ2n) is 18.1. The molecule has 0 amide bonds. The van der Waals surface area contributed by atoms with E-state index in [0.717, 1.165) is 27.8 Å². The molecule has 0 saturated heterocycles. The summed E-state index contributed by atoms with van der Waals surface area (Å²) >= 11 is 0.732. The Morgan fingerprint density at radius 3 is 0.750 bits per heavy atom. The van der Waals surface area contributed by atoms with E-state index in [4.69, 9.17) is 9.47 Å². The third-order valence-electron chi connectivity index (χ3n) is 7.71. The topological polar surface area (TPSA) is 18.5 Å². The molecule has 2 aromatic rings. The number of ether oxygens (including phenoxy) is 2. The van der Waals surface area contributed by atoms with E-state index >= 15 is 0 Å². The van der Waals surface area contributed by atoms with E-state index in [1.54, 1.807) is 0 Å². The molecule has 0 fully saturated rings. The first-order valence-corrected chi connectivity index (χ1v) is 16.4. The zero-order valence-electron chi connectivity index (χ0n) is 29.7. The van der Waals surface area contributed by atoms with Crippen molar-refractivity contribution in [2.75, 3.05) is 0 Å². The van der Waals surface area contributed by atoms with E-state index in [-0.39, 0.29) is 37.6 Å². The Kier molecular flexibility index (Phi) is 9.57. The van der Waals surface area contributed by atoms with Crippen molar-refractivity contribution >= 4 is 16.3 Å². The molecule has 0 unspecified atom stereocenters. The van der Waals surface area contributed by atoms with Gasteiger partial charge in [0.25, 0.3) is 0 Å². The summed E-state index contributed by atoms with van der Waals surface area (Å²) in [7, 11) is 0. The molecule has 40 heavy (non-hydrogen) atoms. The SMILES string of the molecule is CC(C)(C)c1cc(C(C)(C)C)c(O[CH]([AlH2])Oc2c(C(C)(C)C)cc(C(C)(C)C)cc2C(C)(C)C)c(C(C)(C)C)c1. The molecule has 0 spiro atoms. The lowest BCUT2D eigenvalue weighted by atomic mass is 9.74. The van der Waals surface area contributed by atoms with Crippen molar-refractivity contribution in [2.45, 2.75) is 162 Å². The number of hydrogen-bond acceptors (Lipinski definition) is 2. The molecule has 3 heteroatoms. The maximum atomic E-state index is 6.97. The predicted octanol–water partition coefficient (Wildman–Crippen LogP) is 9.85. The van der Waals surface area contributed by atoms with Gasteiger partial charge in [-0.15, -0.1) is 0 Å². The smallest absolute Gasteiger partial charge is 0.344 e. The lowest BCUT2D eigenvalue weighted by Crippen LogP contribution is -2.31. The van der Waals surface area contributed by atoms with Crippen molar-refractivity contribution in [1.82, 2.24) is 0 Å². The molecule has 0 aromatic heterocycles. The molecule has 2 rings (SSSR count). The zero-order chi connectivity index (χ0) is 31.4. The fourth-order valence-electron chi connectivity index (χ4n) is 4.96. The summed E-state index contributed by atoms with van der Waals surface area (Å²) < 4.78 is 13.9. The fourth-order valence-corrected chi connectivity index (χ4v) is 5.43. The van der Waals surface area contributed by atoms with Gasteiger partial charge >= 0.3 is 16.3 Å². The van der Waals surface area contributed by atoms with Crippen molar-refractivity contribution in [3.63, 3.8) is 0 Å². The Labute approximate surface area is 256 Å². The summed E-state index contributed by atoms with van der Waals surface area (Å²) in [6, 6.07) is 9.49. The van der Waals surface area contributed by atoms with Gasteiger partial charge in [-0.2, -0.15) is 0 Å². The highest BCUT2D eigenvalue weighted by atomic mass is 27.0. The highest BCUT2D eigenvalue weighted by Gasteiger charge is 2.34. The van der Waals surface area contributed by atoms with Gasteiger partial charge in [0.05, 0.1) is 0 Å². The van der Waals surface area contributed by atoms with Crippen LogP contribution in [-0.2, 0) is 32.5 Å². The minimum Gasteiger partial charge on any atom is -0.471 e. The van der Waals surface area contributed by atoms with Gasteiger partial charge in [-0.05, 0) is 43.6 Å². The standard InChI is InChI=1S/C37H59O2.Al.2H/c1-32(2,3)24-19-26(34(7,8)9)30(27(20-24)35(10,11)12)38-23-39-31-28(36(13,14)15)21-25(33(4,5)6)22-29(31)37(16,17)18;;;/h19-23H,1-18H3;;;. The van der Waals surface area contributed by atoms with Crippen LogP contribution >= 0.6 is 0 Å². The lowest BCUT2D eigenvalue weighted by Gasteiger charge is -2.36. The Morgan fingerprint density at radius 1 is 0.400 bits per heavy atom. The van der Waals surface area contributed by atoms with Crippen molar-refractivity contribution < 1.29 is 9.47 Å². The van der Waals surface area contributed by atoms with Gasteiger partial charge in [0.15, 0.2) is 5.15 Å². The quantitative estimate of drug-likeness (QED) is 0.272. The third kappa shape index (κ3) is 8.32. The molecule has 0 heterocycles. The first kappa shape index (κ1) is 34.8. The average molecular weight is 565 g/mol. The summed E-state index contributed by atoms with van der Waals surface area (Å²) in [5.41, 5.74) is 7.53. The van der Waals surface area contributed by atoms with E-state index in [1.807, 2.05) is 0 Å². The average Bonchev–Trinajstić information content (AvgIpc) is 2.68. The molecule has 0 aliphatic rings. The summed E-state index contributed by atoms with van der Waals surface area (Å²) in [5, 5.41) is -0.328. The first-order valence-electron chi connectivity index (χ1n) is 15.3. The Hall–Kier alpha value is -1.43. The van der Waals surface area contributed by atoms with Gasteiger partial charge in [0, 0.05) is 22.3 Å². The fraction of sp³-hybridized carbons (Fsp3) is 0.676. The van der Waals surface area contributed by atoms with Gasteiger partial charge in [0.2, 0.25) is 0 Å². The van der Waals surface area contributed by atoms with Gasteiger partial charge in [-0.25, -0.2) is 0 Å². The number of rotatable bonds is 4. The van der Waals surface area contributed by atoms with Crippen molar-refractivity contribution in [2.24, 2.45) is 0 Å². The number of benzene rings is 2. The molecule has 2 aromatic carbocycles. The summed E-state index contributed by atoms with van der Waals surface area (Å²) in [6.45, 7) is 41.2. The van der Waals surface area contributed by atoms with E-state index in [9.17, 15) is 0 Å². The van der Waals surface area contributed by atoms with Crippen molar-refractivity contribution in [3.8, 4) is 11.5 Å². The molecule has 2 nitrogen and oxygen atoms in total. The minimum absolute atomic E-state index is 0.0490. The van der Waals surface area contributed by atoms with Crippen LogP contribution in [0.1, 0.15) is 158 Å². The van der Waals surface area contributed by atoms with E-state index < -0.39 is 0 Å². The molecule has 224 valence electrons. The van der Waals surface area contributed by atoms with Crippen LogP contribution in [-0.4, -0.2) is 21.4 Å². The molecule has 0 saturated carbocycles. The predicted molar refractivity (Wildman–Crippen MR) is 179 cm³/mol. The van der Waals surface area contributed by atoms with Crippen LogP contribution in [0.2, 0.25) is 0 Å². The molecule has 0 aliphatic heterocycles. The van der Waals surface area contributed by atoms with Crippen LogP contribution in [0.4, 0.5) is 0 Å². The Morgan fingerprint density at radius 2 is 0.600 bits per heavy atom. The van der Waals surface area contributed by atoms with Crippen LogP contribution in [0.5, 0.6) is 11.5 Å². The molecule has 0 bridgehead atoms. The molecular formula is C37H61AlO2. The van der Waals surface area contributed by atoms with Crippen molar-refractivity contribution in [3.05, 3.63) is 57.6 Å². The molecule has 0 atom stereocenters. The minimum atomic E-state index is -0.328. The second kappa shape index (κ2) is 11.0. The summed E-state index contributed by atoms with van der Waals surface area (Å²) in [4.78, 5) is 0. The van der Waals surface area contributed by atoms with Gasteiger partial charge in [-0.3, -0.25) is 0 Å². The molecular weight excluding hydrogens is 503 g/mol. The molecule has 0 aliphatic carbocycles. The Bertz CT molecular complexity index is 1030. The van der Waals surface area contributed by atoms with E-state index in [2.05, 4.69) is 149 Å². The highest BCUT2D eigenvalue weighted by molar-refractivity contribution is 6.10. The van der Waals surface area contributed by atoms with Crippen LogP contribution in [0.25, 0.3) is 0 Å². The maximum Gasteiger partial charge on any atom is 0.344 e. The normalized spacial score (nSPS) is 14.1. The summed E-state index contributed by atoms with van der Waals surface area (Å²) in [5.74, 6) is 1.99. The summed E-state index contributed by atoms with van der Waals surface area (Å²) in [6.07, 6.45) is 0. The Balaban J connectivity index is 2.80. The highest BCUT2D eigenvalue weighted by Crippen LogP contribution is 2.45. The maximum absolute atomic E-state index is 6.97. The third-order valence-corrected chi connectivity index (χ3v) is 8.18. The molecule has 0 N–H and O–H groups in total. The van der Waals surface area contributed by atoms with Crippen LogP contribution in [0, 0.1) is 0 Å². The monoisotopic (exact) mass is 564 g/mol. The zero-order valence-corrected chi connectivity index (χ0v) is 31.7. The first-order chi connectivity index (χ1) is 17.5. The lowest BCUT2D eigenvalue weighted by molar-refractivity contribution is 0.0696. The molecule has 0 radical (unpaired) electrons. The van der Waals surface area contributed by atoms with Gasteiger partial charge in [0.1, 0.15) is 11.5 Å². The van der Waals surface area contributed by atoms with Crippen LogP contribution < -0.4 is 9.47 Å². The van der Waals surface area contributed by atoms with E-state index in [1.165, 1.54) is 33.4 Å². The van der Waals surface area contributed by atoms with Crippen molar-refractivity contribution in [1.29, 1.82) is 0 Å². The second-order valence-corrected chi connectivity index (χ2v) is 19.0. The van der Waals surface area contributed by atoms with Gasteiger partial charge < -0.3 is 9.47 Å².